The molecular formula is C26H23BrClF3N2O2. The van der Waals surface area contributed by atoms with Crippen molar-refractivity contribution in [2.45, 2.75) is 39.3 Å². The number of unbranched alkanes of at least 4 members (excludes halogenated alkanes) is 1. The average Bonchev–Trinajstić information content (AvgIpc) is 2.78. The normalized spacial score (nSPS) is 11.3. The Bertz CT molecular complexity index is 1260. The first kappa shape index (κ1) is 26.8. The number of halogens is 5. The molecule has 0 saturated heterocycles. The summed E-state index contributed by atoms with van der Waals surface area (Å²) < 4.78 is 38.6. The highest BCUT2D eigenvalue weighted by atomic mass is 79.9. The quantitative estimate of drug-likeness (QED) is 0.270. The van der Waals surface area contributed by atoms with Crippen molar-refractivity contribution in [3.63, 3.8) is 0 Å². The van der Waals surface area contributed by atoms with Crippen LogP contribution < -0.4 is 10.6 Å². The maximum absolute atomic E-state index is 13.1. The third kappa shape index (κ3) is 6.86. The van der Waals surface area contributed by atoms with Crippen LogP contribution in [0.3, 0.4) is 0 Å². The minimum Gasteiger partial charge on any atom is -0.354 e. The van der Waals surface area contributed by atoms with Crippen LogP contribution in [-0.4, -0.2) is 17.9 Å². The fourth-order valence-electron chi connectivity index (χ4n) is 3.52. The van der Waals surface area contributed by atoms with Crippen molar-refractivity contribution in [3.05, 3.63) is 86.3 Å². The number of amides is 1. The molecule has 0 fully saturated rings. The first-order chi connectivity index (χ1) is 16.5. The standard InChI is InChI=1S/C26H23BrClF3N2O2/c1-3-4-5-16-6-9-19(15(2)12-16)24(34)20-10-8-18(14-21(20)28)32-22-11-7-17(27)13-23(22)33-25(35)26(29,30)31/h6-14,32H,3-5H2,1-2H3,(H,33,35). The third-order valence-corrected chi connectivity index (χ3v) is 6.14. The van der Waals surface area contributed by atoms with E-state index >= 15 is 0 Å². The first-order valence-electron chi connectivity index (χ1n) is 10.9. The molecule has 0 saturated carbocycles. The second-order valence-electron chi connectivity index (χ2n) is 8.04. The zero-order chi connectivity index (χ0) is 25.8. The fourth-order valence-corrected chi connectivity index (χ4v) is 4.14. The van der Waals surface area contributed by atoms with E-state index in [9.17, 15) is 22.8 Å². The Morgan fingerprint density at radius 3 is 2.31 bits per heavy atom. The fraction of sp³-hybridized carbons (Fsp3) is 0.231. The summed E-state index contributed by atoms with van der Waals surface area (Å²) in [7, 11) is 0. The van der Waals surface area contributed by atoms with E-state index in [2.05, 4.69) is 28.2 Å². The molecule has 3 rings (SSSR count). The summed E-state index contributed by atoms with van der Waals surface area (Å²) in [5.41, 5.74) is 3.48. The average molecular weight is 568 g/mol. The molecule has 0 radical (unpaired) electrons. The van der Waals surface area contributed by atoms with Crippen molar-refractivity contribution in [3.8, 4) is 0 Å². The monoisotopic (exact) mass is 566 g/mol. The van der Waals surface area contributed by atoms with Crippen molar-refractivity contribution in [2.75, 3.05) is 10.6 Å². The number of carbonyl (C=O) groups is 2. The van der Waals surface area contributed by atoms with Crippen molar-refractivity contribution in [1.29, 1.82) is 0 Å². The van der Waals surface area contributed by atoms with E-state index in [1.165, 1.54) is 23.8 Å². The molecule has 3 aromatic rings. The molecule has 35 heavy (non-hydrogen) atoms. The molecule has 0 heterocycles. The van der Waals surface area contributed by atoms with E-state index in [4.69, 9.17) is 11.6 Å². The number of hydrogen-bond acceptors (Lipinski definition) is 3. The number of aryl methyl sites for hydroxylation is 2. The third-order valence-electron chi connectivity index (χ3n) is 5.33. The van der Waals surface area contributed by atoms with Gasteiger partial charge in [0.1, 0.15) is 0 Å². The predicted molar refractivity (Wildman–Crippen MR) is 137 cm³/mol. The predicted octanol–water partition coefficient (Wildman–Crippen LogP) is 8.23. The first-order valence-corrected chi connectivity index (χ1v) is 12.0. The van der Waals surface area contributed by atoms with Crippen LogP contribution in [0.25, 0.3) is 0 Å². The number of carbonyl (C=O) groups excluding carboxylic acids is 2. The van der Waals surface area contributed by atoms with Gasteiger partial charge in [0.2, 0.25) is 0 Å². The molecule has 0 aliphatic carbocycles. The Labute approximate surface area is 215 Å². The minimum atomic E-state index is -5.03. The van der Waals surface area contributed by atoms with Crippen molar-refractivity contribution in [1.82, 2.24) is 0 Å². The molecule has 0 spiro atoms. The smallest absolute Gasteiger partial charge is 0.354 e. The van der Waals surface area contributed by atoms with Gasteiger partial charge in [-0.15, -0.1) is 0 Å². The van der Waals surface area contributed by atoms with Gasteiger partial charge in [-0.1, -0.05) is 59.1 Å². The topological polar surface area (TPSA) is 58.2 Å². The van der Waals surface area contributed by atoms with E-state index < -0.39 is 12.1 Å². The summed E-state index contributed by atoms with van der Waals surface area (Å²) >= 11 is 9.60. The molecular weight excluding hydrogens is 545 g/mol. The number of rotatable bonds is 8. The summed E-state index contributed by atoms with van der Waals surface area (Å²) in [5, 5.41) is 4.99. The lowest BCUT2D eigenvalue weighted by Gasteiger charge is -2.15. The molecule has 184 valence electrons. The summed E-state index contributed by atoms with van der Waals surface area (Å²) in [5.74, 6) is -2.31. The maximum Gasteiger partial charge on any atom is 0.471 e. The van der Waals surface area contributed by atoms with Crippen LogP contribution >= 0.6 is 27.5 Å². The van der Waals surface area contributed by atoms with E-state index in [1.807, 2.05) is 30.4 Å². The van der Waals surface area contributed by atoms with Gasteiger partial charge in [-0.05, 0) is 67.3 Å². The van der Waals surface area contributed by atoms with E-state index in [1.54, 1.807) is 18.2 Å². The molecule has 2 N–H and O–H groups in total. The highest BCUT2D eigenvalue weighted by Crippen LogP contribution is 2.32. The van der Waals surface area contributed by atoms with E-state index in [-0.39, 0.29) is 22.2 Å². The van der Waals surface area contributed by atoms with Gasteiger partial charge >= 0.3 is 12.1 Å². The summed E-state index contributed by atoms with van der Waals surface area (Å²) in [6.45, 7) is 4.01. The maximum atomic E-state index is 13.1. The molecule has 0 atom stereocenters. The summed E-state index contributed by atoms with van der Waals surface area (Å²) in [6, 6.07) is 14.9. The van der Waals surface area contributed by atoms with Gasteiger partial charge in [0.25, 0.3) is 0 Å². The Hall–Kier alpha value is -2.84. The summed E-state index contributed by atoms with van der Waals surface area (Å²) in [6.07, 6.45) is -1.91. The van der Waals surface area contributed by atoms with E-state index in [0.717, 1.165) is 24.8 Å². The second-order valence-corrected chi connectivity index (χ2v) is 9.37. The Kier molecular flexibility index (Phi) is 8.61. The van der Waals surface area contributed by atoms with Gasteiger partial charge < -0.3 is 10.6 Å². The Morgan fingerprint density at radius 2 is 1.69 bits per heavy atom. The van der Waals surface area contributed by atoms with Crippen LogP contribution in [-0.2, 0) is 11.2 Å². The van der Waals surface area contributed by atoms with Crippen LogP contribution in [0.15, 0.2) is 59.1 Å². The van der Waals surface area contributed by atoms with Crippen molar-refractivity contribution >= 4 is 56.3 Å². The second kappa shape index (κ2) is 11.3. The van der Waals surface area contributed by atoms with Gasteiger partial charge in [0.05, 0.1) is 16.4 Å². The van der Waals surface area contributed by atoms with Crippen LogP contribution in [0.2, 0.25) is 5.02 Å². The molecule has 0 unspecified atom stereocenters. The number of benzene rings is 3. The highest BCUT2D eigenvalue weighted by Gasteiger charge is 2.39. The molecule has 0 aliphatic heterocycles. The van der Waals surface area contributed by atoms with E-state index in [0.29, 0.717) is 21.3 Å². The highest BCUT2D eigenvalue weighted by molar-refractivity contribution is 9.10. The molecule has 0 bridgehead atoms. The molecule has 3 aromatic carbocycles. The number of alkyl halides is 3. The molecule has 4 nitrogen and oxygen atoms in total. The minimum absolute atomic E-state index is 0.0724. The lowest BCUT2D eigenvalue weighted by molar-refractivity contribution is -0.167. The van der Waals surface area contributed by atoms with Crippen LogP contribution in [0, 0.1) is 6.92 Å². The van der Waals surface area contributed by atoms with Gasteiger partial charge in [0.15, 0.2) is 5.78 Å². The lowest BCUT2D eigenvalue weighted by Crippen LogP contribution is -2.30. The van der Waals surface area contributed by atoms with Crippen LogP contribution in [0.4, 0.5) is 30.2 Å². The van der Waals surface area contributed by atoms with Gasteiger partial charge in [-0.3, -0.25) is 9.59 Å². The van der Waals surface area contributed by atoms with Gasteiger partial charge in [-0.2, -0.15) is 13.2 Å². The number of anilines is 3. The van der Waals surface area contributed by atoms with Crippen LogP contribution in [0.5, 0.6) is 0 Å². The number of nitrogens with one attached hydrogen (secondary N) is 2. The largest absolute Gasteiger partial charge is 0.471 e. The van der Waals surface area contributed by atoms with Crippen LogP contribution in [0.1, 0.15) is 46.8 Å². The lowest BCUT2D eigenvalue weighted by atomic mass is 9.95. The number of ketones is 1. The summed E-state index contributed by atoms with van der Waals surface area (Å²) in [4.78, 5) is 24.5. The van der Waals surface area contributed by atoms with Crippen molar-refractivity contribution in [2.24, 2.45) is 0 Å². The van der Waals surface area contributed by atoms with Crippen molar-refractivity contribution < 1.29 is 22.8 Å². The molecule has 0 aromatic heterocycles. The molecule has 1 amide bonds. The van der Waals surface area contributed by atoms with Gasteiger partial charge in [-0.25, -0.2) is 0 Å². The molecule has 0 aliphatic rings. The Morgan fingerprint density at radius 1 is 0.971 bits per heavy atom. The zero-order valence-corrected chi connectivity index (χ0v) is 21.4. The molecule has 9 heteroatoms. The van der Waals surface area contributed by atoms with Gasteiger partial charge in [0, 0.05) is 21.3 Å². The zero-order valence-electron chi connectivity index (χ0n) is 19.0. The SMILES string of the molecule is CCCCc1ccc(C(=O)c2ccc(Nc3ccc(Br)cc3NC(=O)C(F)(F)F)cc2Cl)c(C)c1. The number of hydrogen-bond donors (Lipinski definition) is 2. The Balaban J connectivity index is 1.83.